The van der Waals surface area contributed by atoms with Gasteiger partial charge >= 0.3 is 0 Å². The molecule has 1 aliphatic heterocycles. The minimum Gasteiger partial charge on any atom is -0.508 e. The fourth-order valence-corrected chi connectivity index (χ4v) is 2.58. The lowest BCUT2D eigenvalue weighted by Crippen LogP contribution is -2.54. The topological polar surface area (TPSA) is 120 Å². The van der Waals surface area contributed by atoms with Crippen LogP contribution in [-0.4, -0.2) is 56.7 Å². The van der Waals surface area contributed by atoms with Crippen LogP contribution in [0.2, 0.25) is 0 Å². The second kappa shape index (κ2) is 7.76. The van der Waals surface area contributed by atoms with E-state index in [0.717, 1.165) is 5.56 Å². The first kappa shape index (κ1) is 18.2. The van der Waals surface area contributed by atoms with Crippen LogP contribution in [0.4, 0.5) is 0 Å². The monoisotopic (exact) mass is 360 g/mol. The zero-order valence-corrected chi connectivity index (χ0v) is 13.8. The molecule has 138 valence electrons. The van der Waals surface area contributed by atoms with Crippen LogP contribution >= 0.6 is 0 Å². The third-order valence-corrected chi connectivity index (χ3v) is 3.98. The number of hydrogen-bond acceptors (Lipinski definition) is 7. The lowest BCUT2D eigenvalue weighted by molar-refractivity contribution is -0.242. The van der Waals surface area contributed by atoms with Gasteiger partial charge < -0.3 is 35.0 Å². The van der Waals surface area contributed by atoms with E-state index in [-0.39, 0.29) is 18.1 Å². The van der Waals surface area contributed by atoms with Crippen LogP contribution in [-0.2, 0) is 4.74 Å². The number of phenols is 2. The van der Waals surface area contributed by atoms with Crippen LogP contribution in [0.3, 0.4) is 0 Å². The van der Waals surface area contributed by atoms with Crippen LogP contribution in [0.1, 0.15) is 11.1 Å². The number of aliphatic hydroxyl groups is 3. The second-order valence-electron chi connectivity index (χ2n) is 6.05. The normalized spacial score (nSPS) is 26.1. The Morgan fingerprint density at radius 3 is 2.12 bits per heavy atom. The van der Waals surface area contributed by atoms with Crippen molar-refractivity contribution in [3.8, 4) is 17.2 Å². The summed E-state index contributed by atoms with van der Waals surface area (Å²) in [6.07, 6.45) is -1.35. The summed E-state index contributed by atoms with van der Waals surface area (Å²) in [6.45, 7) is -0.125. The fraction of sp³-hybridized carbons (Fsp3) is 0.263. The van der Waals surface area contributed by atoms with Crippen LogP contribution < -0.4 is 4.74 Å². The Hall–Kier alpha value is -2.58. The zero-order chi connectivity index (χ0) is 18.7. The van der Waals surface area contributed by atoms with Gasteiger partial charge in [0, 0.05) is 6.07 Å². The Morgan fingerprint density at radius 1 is 0.846 bits per heavy atom. The molecule has 7 heteroatoms. The predicted octanol–water partition coefficient (Wildman–Crippen LogP) is 1.09. The fourth-order valence-electron chi connectivity index (χ4n) is 2.58. The molecule has 0 radical (unpaired) electrons. The molecule has 2 aromatic carbocycles. The summed E-state index contributed by atoms with van der Waals surface area (Å²) in [6, 6.07) is 11.2. The molecule has 0 spiro atoms. The molecule has 0 bridgehead atoms. The molecule has 4 atom stereocenters. The molecule has 0 amide bonds. The third-order valence-electron chi connectivity index (χ3n) is 3.98. The van der Waals surface area contributed by atoms with Crippen molar-refractivity contribution in [2.24, 2.45) is 0 Å². The Bertz CT molecular complexity index is 752. The van der Waals surface area contributed by atoms with Gasteiger partial charge in [0.15, 0.2) is 0 Å². The van der Waals surface area contributed by atoms with Crippen molar-refractivity contribution in [1.82, 2.24) is 0 Å². The van der Waals surface area contributed by atoms with Crippen LogP contribution in [0, 0.1) is 0 Å². The predicted molar refractivity (Wildman–Crippen MR) is 93.5 cm³/mol. The highest BCUT2D eigenvalue weighted by molar-refractivity contribution is 5.71. The summed E-state index contributed by atoms with van der Waals surface area (Å²) in [4.78, 5) is 0. The molecular weight excluding hydrogens is 340 g/mol. The summed E-state index contributed by atoms with van der Waals surface area (Å²) in [5, 5.41) is 47.9. The summed E-state index contributed by atoms with van der Waals surface area (Å²) in [7, 11) is 0. The number of hydrogen-bond donors (Lipinski definition) is 5. The Labute approximate surface area is 150 Å². The molecule has 1 saturated heterocycles. The largest absolute Gasteiger partial charge is 0.508 e. The SMILES string of the molecule is Oc1cc(O)cc(/C=C/c2ccc(OC3OC[C@@H](O)[C@H](O)[C@H]3O)cc2)c1. The molecular formula is C19H20O7. The van der Waals surface area contributed by atoms with Crippen LogP contribution in [0.15, 0.2) is 42.5 Å². The van der Waals surface area contributed by atoms with Crippen molar-refractivity contribution >= 4 is 12.2 Å². The van der Waals surface area contributed by atoms with E-state index < -0.39 is 24.6 Å². The Kier molecular flexibility index (Phi) is 5.43. The molecule has 5 N–H and O–H groups in total. The first-order valence-corrected chi connectivity index (χ1v) is 8.06. The first-order valence-electron chi connectivity index (χ1n) is 8.06. The van der Waals surface area contributed by atoms with Crippen LogP contribution in [0.5, 0.6) is 17.2 Å². The van der Waals surface area contributed by atoms with Gasteiger partial charge in [-0.3, -0.25) is 0 Å². The van der Waals surface area contributed by atoms with Gasteiger partial charge in [0.05, 0.1) is 6.61 Å². The van der Waals surface area contributed by atoms with Crippen LogP contribution in [0.25, 0.3) is 12.2 Å². The molecule has 1 unspecified atom stereocenters. The number of ether oxygens (including phenoxy) is 2. The van der Waals surface area contributed by atoms with Crippen molar-refractivity contribution < 1.29 is 35.0 Å². The van der Waals surface area contributed by atoms with Gasteiger partial charge in [-0.25, -0.2) is 0 Å². The molecule has 2 aromatic rings. The van der Waals surface area contributed by atoms with Crippen molar-refractivity contribution in [1.29, 1.82) is 0 Å². The van der Waals surface area contributed by atoms with Gasteiger partial charge in [-0.15, -0.1) is 0 Å². The summed E-state index contributed by atoms with van der Waals surface area (Å²) in [5.74, 6) is 0.392. The first-order chi connectivity index (χ1) is 12.4. The van der Waals surface area contributed by atoms with Gasteiger partial charge in [0.1, 0.15) is 35.6 Å². The number of aliphatic hydroxyl groups excluding tert-OH is 3. The second-order valence-corrected chi connectivity index (χ2v) is 6.05. The van der Waals surface area contributed by atoms with E-state index in [1.54, 1.807) is 36.4 Å². The maximum Gasteiger partial charge on any atom is 0.228 e. The summed E-state index contributed by atoms with van der Waals surface area (Å²) >= 11 is 0. The average molecular weight is 360 g/mol. The minimum absolute atomic E-state index is 0.0215. The number of benzene rings is 2. The quantitative estimate of drug-likeness (QED) is 0.518. The van der Waals surface area contributed by atoms with Gasteiger partial charge in [0.2, 0.25) is 6.29 Å². The van der Waals surface area contributed by atoms with E-state index in [9.17, 15) is 25.5 Å². The van der Waals surface area contributed by atoms with E-state index in [2.05, 4.69) is 0 Å². The maximum atomic E-state index is 9.87. The van der Waals surface area contributed by atoms with Gasteiger partial charge in [-0.1, -0.05) is 24.3 Å². The molecule has 1 heterocycles. The molecule has 1 fully saturated rings. The molecule has 1 aliphatic rings. The highest BCUT2D eigenvalue weighted by Gasteiger charge is 2.38. The number of rotatable bonds is 4. The summed E-state index contributed by atoms with van der Waals surface area (Å²) < 4.78 is 10.7. The Morgan fingerprint density at radius 2 is 1.46 bits per heavy atom. The molecule has 7 nitrogen and oxygen atoms in total. The highest BCUT2D eigenvalue weighted by Crippen LogP contribution is 2.23. The van der Waals surface area contributed by atoms with E-state index >= 15 is 0 Å². The van der Waals surface area contributed by atoms with Gasteiger partial charge in [-0.2, -0.15) is 0 Å². The van der Waals surface area contributed by atoms with Crippen molar-refractivity contribution in [2.75, 3.05) is 6.61 Å². The highest BCUT2D eigenvalue weighted by atomic mass is 16.7. The lowest BCUT2D eigenvalue weighted by atomic mass is 10.1. The van der Waals surface area contributed by atoms with E-state index in [4.69, 9.17) is 9.47 Å². The molecule has 3 rings (SSSR count). The van der Waals surface area contributed by atoms with E-state index in [0.29, 0.717) is 11.3 Å². The number of aromatic hydroxyl groups is 2. The van der Waals surface area contributed by atoms with Crippen molar-refractivity contribution in [3.05, 3.63) is 53.6 Å². The van der Waals surface area contributed by atoms with Crippen molar-refractivity contribution in [3.63, 3.8) is 0 Å². The van der Waals surface area contributed by atoms with Gasteiger partial charge in [0.25, 0.3) is 0 Å². The molecule has 0 aliphatic carbocycles. The van der Waals surface area contributed by atoms with Crippen molar-refractivity contribution in [2.45, 2.75) is 24.6 Å². The standard InChI is InChI=1S/C19H20O7/c20-13-7-12(8-14(21)9-13)2-1-11-3-5-15(6-4-11)26-19-18(24)17(23)16(22)10-25-19/h1-9,16-24H,10H2/b2-1+/t16-,17+,18-,19?/m1/s1. The minimum atomic E-state index is -1.35. The zero-order valence-electron chi connectivity index (χ0n) is 13.8. The smallest absolute Gasteiger partial charge is 0.228 e. The molecule has 0 saturated carbocycles. The Balaban J connectivity index is 1.64. The number of phenolic OH excluding ortho intramolecular Hbond substituents is 2. The average Bonchev–Trinajstić information content (AvgIpc) is 2.61. The molecule has 26 heavy (non-hydrogen) atoms. The molecule has 0 aromatic heterocycles. The summed E-state index contributed by atoms with van der Waals surface area (Å²) in [5.41, 5.74) is 1.50. The van der Waals surface area contributed by atoms with E-state index in [1.807, 2.05) is 0 Å². The third kappa shape index (κ3) is 4.33. The van der Waals surface area contributed by atoms with Gasteiger partial charge in [-0.05, 0) is 35.4 Å². The van der Waals surface area contributed by atoms with E-state index in [1.165, 1.54) is 18.2 Å². The maximum absolute atomic E-state index is 9.87. The lowest BCUT2D eigenvalue weighted by Gasteiger charge is -2.34.